The van der Waals surface area contributed by atoms with E-state index in [1.165, 1.54) is 5.56 Å². The van der Waals surface area contributed by atoms with E-state index in [0.717, 1.165) is 18.6 Å². The summed E-state index contributed by atoms with van der Waals surface area (Å²) >= 11 is 0. The second-order valence-electron chi connectivity index (χ2n) is 3.89. The van der Waals surface area contributed by atoms with E-state index >= 15 is 0 Å². The van der Waals surface area contributed by atoms with Crippen LogP contribution in [0.4, 0.5) is 4.39 Å². The maximum Gasteiger partial charge on any atom is 0.118 e. The average molecular weight is 206 g/mol. The van der Waals surface area contributed by atoms with Crippen molar-refractivity contribution in [1.82, 2.24) is 0 Å². The van der Waals surface area contributed by atoms with E-state index in [0.29, 0.717) is 6.42 Å². The lowest BCUT2D eigenvalue weighted by molar-refractivity contribution is 0.414. The van der Waals surface area contributed by atoms with Gasteiger partial charge in [-0.1, -0.05) is 12.1 Å². The Kier molecular flexibility index (Phi) is 3.05. The summed E-state index contributed by atoms with van der Waals surface area (Å²) in [5.74, 6) is 1.12. The van der Waals surface area contributed by atoms with E-state index in [4.69, 9.17) is 4.74 Å². The number of rotatable bonds is 2. The predicted octanol–water partition coefficient (Wildman–Crippen LogP) is 3.82. The van der Waals surface area contributed by atoms with Crippen LogP contribution in [0.15, 0.2) is 36.2 Å². The highest BCUT2D eigenvalue weighted by Gasteiger charge is 2.15. The van der Waals surface area contributed by atoms with Crippen LogP contribution in [0.2, 0.25) is 0 Å². The molecule has 1 atom stereocenters. The maximum absolute atomic E-state index is 13.1. The van der Waals surface area contributed by atoms with Crippen molar-refractivity contribution in [3.8, 4) is 5.75 Å². The summed E-state index contributed by atoms with van der Waals surface area (Å²) in [5, 5.41) is 0. The second kappa shape index (κ2) is 4.47. The number of allylic oxidation sites excluding steroid dienone is 2. The number of halogens is 1. The minimum atomic E-state index is 0.0297. The topological polar surface area (TPSA) is 9.23 Å². The Morgan fingerprint density at radius 2 is 2.00 bits per heavy atom. The van der Waals surface area contributed by atoms with Crippen molar-refractivity contribution in [1.29, 1.82) is 0 Å². The maximum atomic E-state index is 13.1. The summed E-state index contributed by atoms with van der Waals surface area (Å²) in [4.78, 5) is 0. The number of benzene rings is 1. The smallest absolute Gasteiger partial charge is 0.118 e. The minimum Gasteiger partial charge on any atom is -0.497 e. The normalized spacial score (nSPS) is 20.9. The second-order valence-corrected chi connectivity index (χ2v) is 3.89. The van der Waals surface area contributed by atoms with E-state index in [1.54, 1.807) is 13.2 Å². The molecule has 0 fully saturated rings. The molecule has 1 aliphatic rings. The largest absolute Gasteiger partial charge is 0.497 e. The highest BCUT2D eigenvalue weighted by atomic mass is 19.1. The molecule has 1 aliphatic carbocycles. The van der Waals surface area contributed by atoms with Gasteiger partial charge in [0.2, 0.25) is 0 Å². The molecule has 2 rings (SSSR count). The van der Waals surface area contributed by atoms with Gasteiger partial charge < -0.3 is 4.74 Å². The fourth-order valence-electron chi connectivity index (χ4n) is 1.99. The van der Waals surface area contributed by atoms with E-state index in [-0.39, 0.29) is 11.7 Å². The zero-order valence-electron chi connectivity index (χ0n) is 8.87. The van der Waals surface area contributed by atoms with Crippen molar-refractivity contribution in [2.45, 2.75) is 25.2 Å². The molecule has 0 bridgehead atoms. The molecular formula is C13H15FO. The molecule has 0 aromatic heterocycles. The molecule has 0 saturated heterocycles. The van der Waals surface area contributed by atoms with Gasteiger partial charge in [-0.3, -0.25) is 0 Å². The number of hydrogen-bond donors (Lipinski definition) is 0. The molecule has 0 aliphatic heterocycles. The molecule has 2 heteroatoms. The molecule has 1 aromatic carbocycles. The molecule has 0 radical (unpaired) electrons. The van der Waals surface area contributed by atoms with Crippen LogP contribution in [0.3, 0.4) is 0 Å². The number of methoxy groups -OCH3 is 1. The van der Waals surface area contributed by atoms with Crippen LogP contribution < -0.4 is 4.74 Å². The molecule has 0 heterocycles. The van der Waals surface area contributed by atoms with Crippen LogP contribution in [0, 0.1) is 0 Å². The van der Waals surface area contributed by atoms with Crippen LogP contribution in [0.5, 0.6) is 5.75 Å². The lowest BCUT2D eigenvalue weighted by Gasteiger charge is -2.18. The molecular weight excluding hydrogens is 191 g/mol. The summed E-state index contributed by atoms with van der Waals surface area (Å²) in [6, 6.07) is 7.88. The summed E-state index contributed by atoms with van der Waals surface area (Å²) < 4.78 is 18.2. The summed E-state index contributed by atoms with van der Waals surface area (Å²) in [6.45, 7) is 0. The Hall–Kier alpha value is -1.31. The van der Waals surface area contributed by atoms with Crippen LogP contribution in [-0.2, 0) is 0 Å². The Morgan fingerprint density at radius 3 is 2.60 bits per heavy atom. The predicted molar refractivity (Wildman–Crippen MR) is 58.8 cm³/mol. The Balaban J connectivity index is 2.18. The van der Waals surface area contributed by atoms with Gasteiger partial charge in [0.05, 0.1) is 12.9 Å². The first-order valence-corrected chi connectivity index (χ1v) is 5.30. The monoisotopic (exact) mass is 206 g/mol. The fraction of sp³-hybridized carbons (Fsp3) is 0.385. The van der Waals surface area contributed by atoms with E-state index in [9.17, 15) is 4.39 Å². The van der Waals surface area contributed by atoms with Gasteiger partial charge in [0.1, 0.15) is 5.75 Å². The zero-order valence-corrected chi connectivity index (χ0v) is 8.87. The first-order valence-electron chi connectivity index (χ1n) is 5.30. The molecule has 0 amide bonds. The fourth-order valence-corrected chi connectivity index (χ4v) is 1.99. The first kappa shape index (κ1) is 10.2. The van der Waals surface area contributed by atoms with Gasteiger partial charge in [-0.25, -0.2) is 4.39 Å². The zero-order chi connectivity index (χ0) is 10.7. The molecule has 15 heavy (non-hydrogen) atoms. The minimum absolute atomic E-state index is 0.0297. The van der Waals surface area contributed by atoms with E-state index < -0.39 is 0 Å². The summed E-state index contributed by atoms with van der Waals surface area (Å²) in [7, 11) is 1.65. The van der Waals surface area contributed by atoms with Crippen molar-refractivity contribution >= 4 is 0 Å². The average Bonchev–Trinajstić information content (AvgIpc) is 2.29. The highest BCUT2D eigenvalue weighted by Crippen LogP contribution is 2.32. The van der Waals surface area contributed by atoms with Gasteiger partial charge in [-0.2, -0.15) is 0 Å². The van der Waals surface area contributed by atoms with Gasteiger partial charge >= 0.3 is 0 Å². The molecule has 0 spiro atoms. The molecule has 0 saturated carbocycles. The van der Waals surface area contributed by atoms with Crippen LogP contribution >= 0.6 is 0 Å². The molecule has 1 unspecified atom stereocenters. The van der Waals surface area contributed by atoms with Gasteiger partial charge in [0.25, 0.3) is 0 Å². The van der Waals surface area contributed by atoms with Crippen molar-refractivity contribution in [2.24, 2.45) is 0 Å². The van der Waals surface area contributed by atoms with Crippen molar-refractivity contribution in [3.05, 3.63) is 41.7 Å². The Morgan fingerprint density at radius 1 is 1.27 bits per heavy atom. The van der Waals surface area contributed by atoms with Crippen molar-refractivity contribution in [3.63, 3.8) is 0 Å². The standard InChI is InChI=1S/C13H15FO/c1-15-13-7-5-10(6-8-13)11-3-2-4-12(14)9-11/h5-9,11H,2-4H2,1H3. The van der Waals surface area contributed by atoms with E-state index in [2.05, 4.69) is 0 Å². The van der Waals surface area contributed by atoms with Gasteiger partial charge in [-0.05, 0) is 43.0 Å². The highest BCUT2D eigenvalue weighted by molar-refractivity contribution is 5.32. The van der Waals surface area contributed by atoms with Gasteiger partial charge in [0.15, 0.2) is 0 Å². The SMILES string of the molecule is COc1ccc(C2C=C(F)CCC2)cc1. The van der Waals surface area contributed by atoms with Crippen molar-refractivity contribution < 1.29 is 9.13 Å². The first-order chi connectivity index (χ1) is 7.29. The van der Waals surface area contributed by atoms with Crippen molar-refractivity contribution in [2.75, 3.05) is 7.11 Å². The molecule has 1 aromatic rings. The summed E-state index contributed by atoms with van der Waals surface area (Å²) in [6.07, 6.45) is 4.33. The third-order valence-electron chi connectivity index (χ3n) is 2.86. The third kappa shape index (κ3) is 2.38. The molecule has 80 valence electrons. The van der Waals surface area contributed by atoms with Crippen LogP contribution in [0.1, 0.15) is 30.7 Å². The molecule has 1 nitrogen and oxygen atoms in total. The Labute approximate surface area is 89.6 Å². The third-order valence-corrected chi connectivity index (χ3v) is 2.86. The van der Waals surface area contributed by atoms with Crippen LogP contribution in [-0.4, -0.2) is 7.11 Å². The van der Waals surface area contributed by atoms with Crippen LogP contribution in [0.25, 0.3) is 0 Å². The summed E-state index contributed by atoms with van der Waals surface area (Å²) in [5.41, 5.74) is 1.17. The number of hydrogen-bond acceptors (Lipinski definition) is 1. The Bertz CT molecular complexity index is 353. The lowest BCUT2D eigenvalue weighted by atomic mass is 9.89. The van der Waals surface area contributed by atoms with Gasteiger partial charge in [0, 0.05) is 5.92 Å². The lowest BCUT2D eigenvalue weighted by Crippen LogP contribution is -2.01. The quantitative estimate of drug-likeness (QED) is 0.714. The van der Waals surface area contributed by atoms with E-state index in [1.807, 2.05) is 24.3 Å². The molecule has 0 N–H and O–H groups in total. The van der Waals surface area contributed by atoms with Gasteiger partial charge in [-0.15, -0.1) is 0 Å². The number of ether oxygens (including phenoxy) is 1.